The minimum atomic E-state index is -0.881. The summed E-state index contributed by atoms with van der Waals surface area (Å²) in [5.74, 6) is 0.439. The zero-order valence-electron chi connectivity index (χ0n) is 18.3. The molecule has 2 aliphatic carbocycles. The molecule has 2 amide bonds. The van der Waals surface area contributed by atoms with E-state index in [4.69, 9.17) is 11.6 Å². The molecule has 1 spiro atoms. The zero-order chi connectivity index (χ0) is 23.6. The molecule has 3 N–H and O–H groups in total. The van der Waals surface area contributed by atoms with Crippen LogP contribution in [0.25, 0.3) is 0 Å². The molecule has 9 nitrogen and oxygen atoms in total. The molecule has 34 heavy (non-hydrogen) atoms. The third kappa shape index (κ3) is 3.35. The van der Waals surface area contributed by atoms with Crippen molar-refractivity contribution in [2.24, 2.45) is 5.92 Å². The number of carbonyl (C=O) groups is 2. The smallest absolute Gasteiger partial charge is 0.276 e. The van der Waals surface area contributed by atoms with Crippen LogP contribution in [0.3, 0.4) is 0 Å². The van der Waals surface area contributed by atoms with Gasteiger partial charge in [-0.2, -0.15) is 0 Å². The van der Waals surface area contributed by atoms with E-state index in [2.05, 4.69) is 25.9 Å². The number of benzene rings is 1. The summed E-state index contributed by atoms with van der Waals surface area (Å²) in [6.07, 6.45) is 4.06. The van der Waals surface area contributed by atoms with Crippen molar-refractivity contribution in [1.82, 2.24) is 19.9 Å². The van der Waals surface area contributed by atoms with E-state index < -0.39 is 5.66 Å². The lowest BCUT2D eigenvalue weighted by molar-refractivity contribution is -0.117. The Kier molecular flexibility index (Phi) is 4.54. The number of anilines is 3. The first-order valence-corrected chi connectivity index (χ1v) is 11.5. The van der Waals surface area contributed by atoms with Gasteiger partial charge in [0.2, 0.25) is 5.91 Å². The Hall–Kier alpha value is -3.72. The van der Waals surface area contributed by atoms with E-state index in [1.54, 1.807) is 23.6 Å². The van der Waals surface area contributed by atoms with Crippen LogP contribution >= 0.6 is 11.6 Å². The monoisotopic (exact) mass is 476 g/mol. The number of pyridine rings is 1. The van der Waals surface area contributed by atoms with E-state index in [0.717, 1.165) is 24.0 Å². The van der Waals surface area contributed by atoms with Gasteiger partial charge >= 0.3 is 0 Å². The second-order valence-electron chi connectivity index (χ2n) is 9.16. The van der Waals surface area contributed by atoms with Gasteiger partial charge in [0.25, 0.3) is 11.5 Å². The number of halogens is 1. The maximum atomic E-state index is 13.7. The van der Waals surface area contributed by atoms with Gasteiger partial charge in [-0.25, -0.2) is 9.97 Å². The predicted molar refractivity (Wildman–Crippen MR) is 126 cm³/mol. The molecule has 1 saturated carbocycles. The van der Waals surface area contributed by atoms with Crippen molar-refractivity contribution in [2.75, 3.05) is 10.6 Å². The van der Waals surface area contributed by atoms with Gasteiger partial charge in [0.15, 0.2) is 0 Å². The van der Waals surface area contributed by atoms with E-state index in [1.807, 2.05) is 18.2 Å². The van der Waals surface area contributed by atoms with Gasteiger partial charge in [0.1, 0.15) is 35.0 Å². The van der Waals surface area contributed by atoms with Crippen molar-refractivity contribution >= 4 is 40.7 Å². The maximum absolute atomic E-state index is 13.7. The average Bonchev–Trinajstić information content (AvgIpc) is 3.52. The number of nitrogens with one attached hydrogen (secondary N) is 3. The molecule has 3 aliphatic rings. The highest BCUT2D eigenvalue weighted by Crippen LogP contribution is 2.39. The first-order valence-electron chi connectivity index (χ1n) is 11.1. The zero-order valence-corrected chi connectivity index (χ0v) is 19.1. The lowest BCUT2D eigenvalue weighted by atomic mass is 10.1. The third-order valence-electron chi connectivity index (χ3n) is 6.64. The molecule has 10 heteroatoms. The number of carbonyl (C=O) groups excluding carboxylic acids is 2. The quantitative estimate of drug-likeness (QED) is 0.533. The SMILES string of the molecule is Cc1cc(Nc2cc(NC(=O)C3CC3)ncn2)c(=O)n2c1C(=O)NC21Cc2ccc(Cl)cc2C1. The summed E-state index contributed by atoms with van der Waals surface area (Å²) in [6, 6.07) is 8.87. The Morgan fingerprint density at radius 2 is 1.88 bits per heavy atom. The molecule has 1 aromatic carbocycles. The molecule has 0 saturated heterocycles. The number of rotatable bonds is 4. The van der Waals surface area contributed by atoms with Crippen LogP contribution in [0.4, 0.5) is 17.3 Å². The molecular formula is C24H21ClN6O3. The molecule has 6 rings (SSSR count). The number of hydrogen-bond acceptors (Lipinski definition) is 6. The maximum Gasteiger partial charge on any atom is 0.276 e. The van der Waals surface area contributed by atoms with Crippen molar-refractivity contribution in [3.8, 4) is 0 Å². The molecule has 1 aliphatic heterocycles. The van der Waals surface area contributed by atoms with E-state index in [0.29, 0.717) is 40.8 Å². The van der Waals surface area contributed by atoms with Crippen molar-refractivity contribution in [3.63, 3.8) is 0 Å². The topological polar surface area (TPSA) is 118 Å². The molecule has 1 unspecified atom stereocenters. The Labute approximate surface area is 199 Å². The minimum Gasteiger partial charge on any atom is -0.336 e. The van der Waals surface area contributed by atoms with Crippen LogP contribution in [0.15, 0.2) is 41.5 Å². The molecule has 3 heterocycles. The number of amides is 2. The van der Waals surface area contributed by atoms with Crippen molar-refractivity contribution in [1.29, 1.82) is 0 Å². The summed E-state index contributed by atoms with van der Waals surface area (Å²) in [5.41, 5.74) is 2.15. The first kappa shape index (κ1) is 20.9. The Morgan fingerprint density at radius 3 is 2.68 bits per heavy atom. The number of fused-ring (bicyclic) bond motifs is 3. The molecule has 0 bridgehead atoms. The van der Waals surface area contributed by atoms with E-state index in [9.17, 15) is 14.4 Å². The molecule has 0 radical (unpaired) electrons. The molecule has 3 aromatic rings. The number of aryl methyl sites for hydroxylation is 1. The Morgan fingerprint density at radius 1 is 1.12 bits per heavy atom. The summed E-state index contributed by atoms with van der Waals surface area (Å²) in [6.45, 7) is 1.80. The normalized spacial score (nSPS) is 20.1. The van der Waals surface area contributed by atoms with Gasteiger partial charge in [0, 0.05) is 29.8 Å². The largest absolute Gasteiger partial charge is 0.336 e. The van der Waals surface area contributed by atoms with Gasteiger partial charge in [-0.15, -0.1) is 0 Å². The second-order valence-corrected chi connectivity index (χ2v) is 9.60. The van der Waals surface area contributed by atoms with Crippen LogP contribution in [0, 0.1) is 12.8 Å². The lowest BCUT2D eigenvalue weighted by Gasteiger charge is -2.27. The van der Waals surface area contributed by atoms with Gasteiger partial charge < -0.3 is 16.0 Å². The van der Waals surface area contributed by atoms with E-state index in [-0.39, 0.29) is 29.0 Å². The fraction of sp³-hybridized carbons (Fsp3) is 0.292. The van der Waals surface area contributed by atoms with Crippen LogP contribution in [-0.4, -0.2) is 26.3 Å². The van der Waals surface area contributed by atoms with Crippen molar-refractivity contribution < 1.29 is 9.59 Å². The second kappa shape index (κ2) is 7.39. The van der Waals surface area contributed by atoms with Crippen molar-refractivity contribution in [3.05, 3.63) is 74.4 Å². The van der Waals surface area contributed by atoms with Crippen molar-refractivity contribution in [2.45, 2.75) is 38.3 Å². The van der Waals surface area contributed by atoms with Crippen LogP contribution in [0.2, 0.25) is 5.02 Å². The highest BCUT2D eigenvalue weighted by atomic mass is 35.5. The summed E-state index contributed by atoms with van der Waals surface area (Å²) in [7, 11) is 0. The van der Waals surface area contributed by atoms with Gasteiger partial charge in [-0.05, 0) is 54.7 Å². The highest BCUT2D eigenvalue weighted by molar-refractivity contribution is 6.30. The first-order chi connectivity index (χ1) is 16.3. The number of hydrogen-bond donors (Lipinski definition) is 3. The van der Waals surface area contributed by atoms with E-state index >= 15 is 0 Å². The molecule has 172 valence electrons. The Balaban J connectivity index is 1.37. The standard InChI is InChI=1S/C24H21ClN6O3/c1-12-6-17(28-18-8-19(27-11-26-18)29-21(32)13-2-3-13)23(34)31-20(12)22(33)30-24(31)9-14-4-5-16(25)7-15(14)10-24/h4-8,11,13H,2-3,9-10H2,1H3,(H,30,33)(H2,26,27,28,29,32). The number of aromatic nitrogens is 3. The van der Waals surface area contributed by atoms with Gasteiger partial charge in [-0.3, -0.25) is 19.0 Å². The molecular weight excluding hydrogens is 456 g/mol. The van der Waals surface area contributed by atoms with Crippen LogP contribution in [0.1, 0.15) is 40.0 Å². The summed E-state index contributed by atoms with van der Waals surface area (Å²) < 4.78 is 1.57. The van der Waals surface area contributed by atoms with Gasteiger partial charge in [-0.1, -0.05) is 17.7 Å². The fourth-order valence-electron chi connectivity index (χ4n) is 4.93. The molecule has 2 aromatic heterocycles. The lowest BCUT2D eigenvalue weighted by Crippen LogP contribution is -2.48. The average molecular weight is 477 g/mol. The van der Waals surface area contributed by atoms with Crippen LogP contribution in [-0.2, 0) is 23.3 Å². The summed E-state index contributed by atoms with van der Waals surface area (Å²) in [4.78, 5) is 46.9. The summed E-state index contributed by atoms with van der Waals surface area (Å²) >= 11 is 6.18. The fourth-order valence-corrected chi connectivity index (χ4v) is 5.12. The van der Waals surface area contributed by atoms with E-state index in [1.165, 1.54) is 6.33 Å². The third-order valence-corrected chi connectivity index (χ3v) is 6.88. The summed E-state index contributed by atoms with van der Waals surface area (Å²) in [5, 5.41) is 9.51. The van der Waals surface area contributed by atoms with Crippen LogP contribution in [0.5, 0.6) is 0 Å². The Bertz CT molecular complexity index is 1450. The molecule has 1 atom stereocenters. The highest BCUT2D eigenvalue weighted by Gasteiger charge is 2.48. The van der Waals surface area contributed by atoms with Gasteiger partial charge in [0.05, 0.1) is 0 Å². The predicted octanol–water partition coefficient (Wildman–Crippen LogP) is 2.89. The molecule has 1 fully saturated rings. The minimum absolute atomic E-state index is 0.0435. The van der Waals surface area contributed by atoms with Crippen LogP contribution < -0.4 is 21.5 Å². The number of nitrogens with zero attached hydrogens (tertiary/aromatic N) is 3.